The molecule has 0 unspecified atom stereocenters. The van der Waals surface area contributed by atoms with Gasteiger partial charge in [-0.25, -0.2) is 0 Å². The number of unbranched alkanes of at least 4 members (excludes halogenated alkanes) is 1. The first kappa shape index (κ1) is 24.8. The highest BCUT2D eigenvalue weighted by molar-refractivity contribution is 5.70. The molecule has 0 aromatic carbocycles. The van der Waals surface area contributed by atoms with E-state index >= 15 is 0 Å². The van der Waals surface area contributed by atoms with E-state index in [-0.39, 0.29) is 38.0 Å². The number of esters is 2. The molecule has 0 spiro atoms. The van der Waals surface area contributed by atoms with Crippen LogP contribution in [0.3, 0.4) is 0 Å². The lowest BCUT2D eigenvalue weighted by atomic mass is 10.2. The molecule has 0 aliphatic rings. The molecule has 0 fully saturated rings. The second-order valence-electron chi connectivity index (χ2n) is 5.25. The van der Waals surface area contributed by atoms with Crippen LogP contribution < -0.4 is 0 Å². The van der Waals surface area contributed by atoms with Crippen LogP contribution >= 0.6 is 0 Å². The maximum absolute atomic E-state index is 11.7. The third-order valence-electron chi connectivity index (χ3n) is 3.18. The van der Waals surface area contributed by atoms with Crippen LogP contribution in [0.4, 0.5) is 0 Å². The summed E-state index contributed by atoms with van der Waals surface area (Å²) >= 11 is 0. The van der Waals surface area contributed by atoms with Gasteiger partial charge in [-0.05, 0) is 40.5 Å². The molecule has 154 valence electrons. The zero-order valence-electron chi connectivity index (χ0n) is 16.5. The average molecular weight is 378 g/mol. The summed E-state index contributed by atoms with van der Waals surface area (Å²) in [5.41, 5.74) is 0. The van der Waals surface area contributed by atoms with Gasteiger partial charge in [0.1, 0.15) is 13.2 Å². The molecule has 26 heavy (non-hydrogen) atoms. The normalized spacial score (nSPS) is 11.2. The Morgan fingerprint density at radius 1 is 0.615 bits per heavy atom. The van der Waals surface area contributed by atoms with Gasteiger partial charge in [-0.3, -0.25) is 9.59 Å². The molecule has 0 rings (SSSR count). The Bertz CT molecular complexity index is 315. The van der Waals surface area contributed by atoms with Crippen LogP contribution in [0.15, 0.2) is 0 Å². The maximum atomic E-state index is 11.7. The summed E-state index contributed by atoms with van der Waals surface area (Å²) < 4.78 is 31.4. The third kappa shape index (κ3) is 14.0. The van der Waals surface area contributed by atoms with Gasteiger partial charge in [-0.2, -0.15) is 0 Å². The smallest absolute Gasteiger partial charge is 0.305 e. The number of carbonyl (C=O) groups is 2. The summed E-state index contributed by atoms with van der Waals surface area (Å²) in [6, 6.07) is 0. The van der Waals surface area contributed by atoms with Gasteiger partial charge in [0.2, 0.25) is 0 Å². The van der Waals surface area contributed by atoms with Crippen molar-refractivity contribution in [2.45, 2.75) is 66.0 Å². The largest absolute Gasteiger partial charge is 0.460 e. The molecule has 0 saturated carbocycles. The van der Waals surface area contributed by atoms with Gasteiger partial charge in [0.05, 0.1) is 0 Å². The molecule has 0 bridgehead atoms. The monoisotopic (exact) mass is 378 g/mol. The van der Waals surface area contributed by atoms with Gasteiger partial charge in [0.15, 0.2) is 12.6 Å². The highest BCUT2D eigenvalue weighted by Gasteiger charge is 2.13. The van der Waals surface area contributed by atoms with Crippen molar-refractivity contribution in [3.63, 3.8) is 0 Å². The molecule has 0 N–H and O–H groups in total. The summed E-state index contributed by atoms with van der Waals surface area (Å²) in [5.74, 6) is -0.675. The molecular weight excluding hydrogens is 344 g/mol. The topological polar surface area (TPSA) is 89.5 Å². The predicted octanol–water partition coefficient (Wildman–Crippen LogP) is 2.43. The van der Waals surface area contributed by atoms with Gasteiger partial charge in [-0.15, -0.1) is 0 Å². The lowest BCUT2D eigenvalue weighted by molar-refractivity contribution is -0.180. The van der Waals surface area contributed by atoms with Gasteiger partial charge in [0.25, 0.3) is 0 Å². The Balaban J connectivity index is 3.79. The second kappa shape index (κ2) is 17.2. The van der Waals surface area contributed by atoms with E-state index in [2.05, 4.69) is 0 Å². The maximum Gasteiger partial charge on any atom is 0.305 e. The van der Waals surface area contributed by atoms with Crippen LogP contribution in [-0.2, 0) is 38.0 Å². The molecule has 8 heteroatoms. The summed E-state index contributed by atoms with van der Waals surface area (Å²) in [6.45, 7) is 9.45. The van der Waals surface area contributed by atoms with Crippen molar-refractivity contribution < 1.29 is 38.0 Å². The second-order valence-corrected chi connectivity index (χ2v) is 5.25. The van der Waals surface area contributed by atoms with Crippen LogP contribution in [0, 0.1) is 0 Å². The van der Waals surface area contributed by atoms with Crippen molar-refractivity contribution in [3.8, 4) is 0 Å². The minimum absolute atomic E-state index is 0.0683. The number of hydrogen-bond acceptors (Lipinski definition) is 8. The van der Waals surface area contributed by atoms with E-state index in [1.54, 1.807) is 0 Å². The average Bonchev–Trinajstić information content (AvgIpc) is 2.62. The van der Waals surface area contributed by atoms with Gasteiger partial charge < -0.3 is 28.4 Å². The van der Waals surface area contributed by atoms with Crippen molar-refractivity contribution in [1.82, 2.24) is 0 Å². The van der Waals surface area contributed by atoms with Crippen LogP contribution in [0.1, 0.15) is 53.4 Å². The highest BCUT2D eigenvalue weighted by atomic mass is 16.7. The molecule has 0 saturated heterocycles. The van der Waals surface area contributed by atoms with Crippen LogP contribution in [-0.4, -0.2) is 64.2 Å². The number of hydrogen-bond donors (Lipinski definition) is 0. The van der Waals surface area contributed by atoms with Crippen molar-refractivity contribution >= 4 is 11.9 Å². The van der Waals surface area contributed by atoms with Gasteiger partial charge in [0, 0.05) is 39.3 Å². The highest BCUT2D eigenvalue weighted by Crippen LogP contribution is 2.05. The first-order valence-electron chi connectivity index (χ1n) is 9.34. The van der Waals surface area contributed by atoms with E-state index in [0.29, 0.717) is 39.3 Å². The minimum Gasteiger partial charge on any atom is -0.460 e. The molecular formula is C18H34O8. The number of ether oxygens (including phenoxy) is 6. The van der Waals surface area contributed by atoms with Crippen molar-refractivity contribution in [2.24, 2.45) is 0 Å². The first-order valence-corrected chi connectivity index (χ1v) is 9.34. The number of rotatable bonds is 17. The third-order valence-corrected chi connectivity index (χ3v) is 3.18. The van der Waals surface area contributed by atoms with E-state index in [9.17, 15) is 9.59 Å². The zero-order chi connectivity index (χ0) is 19.6. The Hall–Kier alpha value is -1.22. The molecule has 0 radical (unpaired) electrons. The SMILES string of the molecule is CCOC(COC(=O)CCCCC(=O)OCC(OCC)OCC)OCC. The Kier molecular flexibility index (Phi) is 16.4. The molecule has 0 aromatic rings. The standard InChI is InChI=1S/C18H34O8/c1-5-21-17(22-6-2)13-25-15(19)11-9-10-12-16(20)26-14-18(23-7-3)24-8-4/h17-18H,5-14H2,1-4H3. The summed E-state index contributed by atoms with van der Waals surface area (Å²) in [5, 5.41) is 0. The fourth-order valence-electron chi connectivity index (χ4n) is 2.04. The molecule has 0 heterocycles. The summed E-state index contributed by atoms with van der Waals surface area (Å²) in [6.07, 6.45) is 0.488. The van der Waals surface area contributed by atoms with E-state index in [1.165, 1.54) is 0 Å². The van der Waals surface area contributed by atoms with Crippen LogP contribution in [0.2, 0.25) is 0 Å². The summed E-state index contributed by atoms with van der Waals surface area (Å²) in [4.78, 5) is 23.4. The van der Waals surface area contributed by atoms with Crippen molar-refractivity contribution in [1.29, 1.82) is 0 Å². The quantitative estimate of drug-likeness (QED) is 0.217. The Morgan fingerprint density at radius 2 is 0.923 bits per heavy atom. The first-order chi connectivity index (χ1) is 12.6. The summed E-state index contributed by atoms with van der Waals surface area (Å²) in [7, 11) is 0. The molecule has 0 aliphatic heterocycles. The van der Waals surface area contributed by atoms with Crippen LogP contribution in [0.25, 0.3) is 0 Å². The molecule has 8 nitrogen and oxygen atoms in total. The lowest BCUT2D eigenvalue weighted by Gasteiger charge is -2.17. The Morgan fingerprint density at radius 3 is 1.19 bits per heavy atom. The molecule has 0 amide bonds. The van der Waals surface area contributed by atoms with Crippen molar-refractivity contribution in [3.05, 3.63) is 0 Å². The van der Waals surface area contributed by atoms with Gasteiger partial charge in [-0.1, -0.05) is 0 Å². The van der Waals surface area contributed by atoms with Crippen LogP contribution in [0.5, 0.6) is 0 Å². The van der Waals surface area contributed by atoms with E-state index in [0.717, 1.165) is 0 Å². The zero-order valence-corrected chi connectivity index (χ0v) is 16.5. The molecule has 0 aromatic heterocycles. The Labute approximate surface area is 156 Å². The van der Waals surface area contributed by atoms with E-state index in [1.807, 2.05) is 27.7 Å². The minimum atomic E-state index is -0.535. The van der Waals surface area contributed by atoms with E-state index in [4.69, 9.17) is 28.4 Å². The van der Waals surface area contributed by atoms with Gasteiger partial charge >= 0.3 is 11.9 Å². The fraction of sp³-hybridized carbons (Fsp3) is 0.889. The predicted molar refractivity (Wildman–Crippen MR) is 94.5 cm³/mol. The lowest BCUT2D eigenvalue weighted by Crippen LogP contribution is -2.25. The molecule has 0 aliphatic carbocycles. The van der Waals surface area contributed by atoms with E-state index < -0.39 is 12.6 Å². The van der Waals surface area contributed by atoms with Crippen molar-refractivity contribution in [2.75, 3.05) is 39.6 Å². The number of carbonyl (C=O) groups excluding carboxylic acids is 2. The fourth-order valence-corrected chi connectivity index (χ4v) is 2.04. The molecule has 0 atom stereocenters.